The number of hydrogen-bond acceptors (Lipinski definition) is 6. The van der Waals surface area contributed by atoms with E-state index in [1.54, 1.807) is 0 Å². The van der Waals surface area contributed by atoms with Gasteiger partial charge < -0.3 is 19.1 Å². The van der Waals surface area contributed by atoms with Gasteiger partial charge in [-0.15, -0.1) is 48.1 Å². The van der Waals surface area contributed by atoms with E-state index in [9.17, 15) is 0 Å². The molecule has 0 saturated carbocycles. The van der Waals surface area contributed by atoms with Crippen LogP contribution >= 0.6 is 0 Å². The van der Waals surface area contributed by atoms with Crippen LogP contribution in [-0.4, -0.2) is 19.5 Å². The predicted molar refractivity (Wildman–Crippen MR) is 242 cm³/mol. The number of hydrogen-bond donors (Lipinski definition) is 0. The average Bonchev–Trinajstić information content (AvgIpc) is 3.89. The van der Waals surface area contributed by atoms with E-state index in [2.05, 4.69) is 177 Å². The van der Waals surface area contributed by atoms with Gasteiger partial charge in [0, 0.05) is 90.3 Å². The number of fused-ring (bicyclic) bond motifs is 7. The topological polar surface area (TPSA) is 59.3 Å². The summed E-state index contributed by atoms with van der Waals surface area (Å²) >= 11 is 0. The van der Waals surface area contributed by atoms with E-state index in [-0.39, 0.29) is 31.9 Å². The number of nitrogens with zero attached hydrogens (tertiary/aromatic N) is 6. The maximum absolute atomic E-state index is 6.63. The van der Waals surface area contributed by atoms with Crippen molar-refractivity contribution in [2.24, 2.45) is 0 Å². The van der Waals surface area contributed by atoms with Gasteiger partial charge >= 0.3 is 0 Å². The largest absolute Gasteiger partial charge is 0.509 e. The molecule has 0 atom stereocenters. The number of rotatable bonds is 6. The summed E-state index contributed by atoms with van der Waals surface area (Å²) in [7, 11) is 0. The summed E-state index contributed by atoms with van der Waals surface area (Å²) in [5.41, 5.74) is 12.9. The summed E-state index contributed by atoms with van der Waals surface area (Å²) in [6, 6.07) is 53.6. The van der Waals surface area contributed by atoms with E-state index in [0.29, 0.717) is 17.3 Å². The normalized spacial score (nSPS) is 13.9. The minimum absolute atomic E-state index is 0. The second-order valence-electron chi connectivity index (χ2n) is 17.1. The van der Waals surface area contributed by atoms with Crippen LogP contribution in [0.3, 0.4) is 0 Å². The van der Waals surface area contributed by atoms with E-state index in [1.807, 2.05) is 42.9 Å². The minimum Gasteiger partial charge on any atom is -0.509 e. The van der Waals surface area contributed by atoms with Gasteiger partial charge in [-0.1, -0.05) is 101 Å². The molecule has 0 amide bonds. The summed E-state index contributed by atoms with van der Waals surface area (Å²) in [5.74, 6) is 2.70. The zero-order valence-electron chi connectivity index (χ0n) is 34.4. The quantitative estimate of drug-likeness (QED) is 0.155. The molecule has 0 unspecified atom stereocenters. The molecule has 0 spiro atoms. The SMILES string of the molecule is CC(C)(C)c1ccnc(-n2c3[c-]c(Oc4[c-]c(N5[CH-]N(c6c(-c7ncccn7)ccc7c6-c6ccccc6C7(C)C)c6ccccc65)ccc4)ccc3c3ccccc32)c1.[Pt]. The van der Waals surface area contributed by atoms with Gasteiger partial charge in [0.2, 0.25) is 0 Å². The maximum atomic E-state index is 6.63. The molecule has 9 aromatic rings. The van der Waals surface area contributed by atoms with Crippen molar-refractivity contribution in [2.45, 2.75) is 45.4 Å². The fourth-order valence-corrected chi connectivity index (χ4v) is 9.06. The Hall–Kier alpha value is -6.56. The second-order valence-corrected chi connectivity index (χ2v) is 17.1. The van der Waals surface area contributed by atoms with Crippen LogP contribution in [0.4, 0.5) is 22.7 Å². The monoisotopic (exact) mass is 972 g/mol. The molecule has 0 saturated heterocycles. The van der Waals surface area contributed by atoms with Crippen molar-refractivity contribution < 1.29 is 25.8 Å². The average molecular weight is 973 g/mol. The van der Waals surface area contributed by atoms with Crippen molar-refractivity contribution in [2.75, 3.05) is 9.80 Å². The van der Waals surface area contributed by atoms with Crippen molar-refractivity contribution in [3.05, 3.63) is 188 Å². The molecular weight excluding hydrogens is 932 g/mol. The van der Waals surface area contributed by atoms with E-state index < -0.39 is 0 Å². The molecule has 302 valence electrons. The first-order chi connectivity index (χ1) is 29.1. The number of aromatic nitrogens is 4. The van der Waals surface area contributed by atoms with Crippen molar-refractivity contribution in [1.29, 1.82) is 0 Å². The summed E-state index contributed by atoms with van der Waals surface area (Å²) in [4.78, 5) is 18.8. The van der Waals surface area contributed by atoms with Gasteiger partial charge in [0.25, 0.3) is 0 Å². The number of para-hydroxylation sites is 3. The molecule has 0 fully saturated rings. The van der Waals surface area contributed by atoms with E-state index in [4.69, 9.17) is 19.7 Å². The molecule has 61 heavy (non-hydrogen) atoms. The third kappa shape index (κ3) is 6.25. The third-order valence-corrected chi connectivity index (χ3v) is 12.0. The zero-order chi connectivity index (χ0) is 40.8. The number of anilines is 4. The van der Waals surface area contributed by atoms with Gasteiger partial charge in [-0.3, -0.25) is 0 Å². The van der Waals surface area contributed by atoms with Crippen LogP contribution < -0.4 is 14.5 Å². The van der Waals surface area contributed by atoms with Crippen molar-refractivity contribution in [3.8, 4) is 39.8 Å². The first kappa shape index (κ1) is 38.6. The number of ether oxygens (including phenoxy) is 1. The molecule has 0 radical (unpaired) electrons. The van der Waals surface area contributed by atoms with Gasteiger partial charge in [-0.25, -0.2) is 15.0 Å². The standard InChI is InChI=1S/C53H41N6O.Pt/c1-52(2,3)34-26-29-54-48(30-34)59-44-19-9-7-16-38(44)39-23-22-37(32-47(39)59)60-36-15-12-14-35(31-36)57-33-58(46-21-11-10-20-45(46)57)50-41(51-55-27-13-28-56-51)24-25-43-49(50)40-17-6-8-18-42(40)53(43,4)5;/h6-30,33H,1-5H3;/q-3;. The van der Waals surface area contributed by atoms with E-state index >= 15 is 0 Å². The summed E-state index contributed by atoms with van der Waals surface area (Å²) < 4.78 is 8.82. The van der Waals surface area contributed by atoms with Gasteiger partial charge in [0.15, 0.2) is 5.82 Å². The molecule has 3 aromatic heterocycles. The van der Waals surface area contributed by atoms with E-state index in [1.165, 1.54) is 27.8 Å². The Labute approximate surface area is 370 Å². The molecule has 8 heteroatoms. The fraction of sp³-hybridized carbons (Fsp3) is 0.132. The number of benzene rings is 6. The van der Waals surface area contributed by atoms with Crippen LogP contribution in [0.2, 0.25) is 0 Å². The summed E-state index contributed by atoms with van der Waals surface area (Å²) in [6.07, 6.45) is 5.51. The summed E-state index contributed by atoms with van der Waals surface area (Å²) in [5, 5.41) is 2.22. The molecule has 0 bridgehead atoms. The first-order valence-electron chi connectivity index (χ1n) is 20.3. The maximum Gasteiger partial charge on any atom is 0.161 e. The molecule has 0 N–H and O–H groups in total. The van der Waals surface area contributed by atoms with Crippen molar-refractivity contribution in [3.63, 3.8) is 0 Å². The van der Waals surface area contributed by atoms with Gasteiger partial charge in [-0.05, 0) is 75.5 Å². The Kier molecular flexibility index (Phi) is 9.22. The second kappa shape index (κ2) is 14.6. The molecular formula is C53H41N6OPt-3. The summed E-state index contributed by atoms with van der Waals surface area (Å²) in [6.45, 7) is 13.4. The number of pyridine rings is 1. The van der Waals surface area contributed by atoms with Crippen LogP contribution in [0.5, 0.6) is 11.5 Å². The van der Waals surface area contributed by atoms with Gasteiger partial charge in [0.05, 0.1) is 0 Å². The molecule has 2 aliphatic rings. The Morgan fingerprint density at radius 2 is 1.36 bits per heavy atom. The molecule has 1 aliphatic carbocycles. The van der Waals surface area contributed by atoms with Crippen LogP contribution in [-0.2, 0) is 31.9 Å². The smallest absolute Gasteiger partial charge is 0.161 e. The van der Waals surface area contributed by atoms with Crippen LogP contribution in [0, 0.1) is 18.8 Å². The zero-order valence-corrected chi connectivity index (χ0v) is 36.7. The van der Waals surface area contributed by atoms with Gasteiger partial charge in [-0.2, -0.15) is 12.1 Å². The van der Waals surface area contributed by atoms with Crippen molar-refractivity contribution >= 4 is 44.6 Å². The third-order valence-electron chi connectivity index (χ3n) is 12.0. The minimum atomic E-state index is -0.184. The molecule has 6 aromatic carbocycles. The molecule has 11 rings (SSSR count). The Morgan fingerprint density at radius 3 is 2.18 bits per heavy atom. The Balaban J connectivity index is 0.00000445. The first-order valence-corrected chi connectivity index (χ1v) is 20.3. The van der Waals surface area contributed by atoms with Crippen molar-refractivity contribution in [1.82, 2.24) is 19.5 Å². The Morgan fingerprint density at radius 1 is 0.623 bits per heavy atom. The van der Waals surface area contributed by atoms with Gasteiger partial charge in [0.1, 0.15) is 5.82 Å². The fourth-order valence-electron chi connectivity index (χ4n) is 9.06. The molecule has 4 heterocycles. The predicted octanol–water partition coefficient (Wildman–Crippen LogP) is 13.0. The van der Waals surface area contributed by atoms with Crippen LogP contribution in [0.1, 0.15) is 51.3 Å². The van der Waals surface area contributed by atoms with Crippen LogP contribution in [0.15, 0.2) is 152 Å². The molecule has 1 aliphatic heterocycles. The Bertz CT molecular complexity index is 3150. The van der Waals surface area contributed by atoms with E-state index in [0.717, 1.165) is 55.9 Å². The van der Waals surface area contributed by atoms with Crippen LogP contribution in [0.25, 0.3) is 50.1 Å². The molecule has 7 nitrogen and oxygen atoms in total.